The summed E-state index contributed by atoms with van der Waals surface area (Å²) in [7, 11) is 1.62. The van der Waals surface area contributed by atoms with Crippen LogP contribution in [0.3, 0.4) is 0 Å². The maximum Gasteiger partial charge on any atom is 0.208 e. The number of aromatic hydroxyl groups is 1. The predicted molar refractivity (Wildman–Crippen MR) is 52.6 cm³/mol. The molecule has 0 amide bonds. The molecule has 0 spiro atoms. The van der Waals surface area contributed by atoms with Crippen molar-refractivity contribution >= 4 is 0 Å². The number of hydrogen-bond acceptors (Lipinski definition) is 3. The molecule has 1 heterocycles. The van der Waals surface area contributed by atoms with Gasteiger partial charge in [0.2, 0.25) is 6.29 Å². The van der Waals surface area contributed by atoms with Gasteiger partial charge in [-0.2, -0.15) is 0 Å². The van der Waals surface area contributed by atoms with E-state index in [1.807, 2.05) is 13.8 Å². The fraction of sp³-hybridized carbons (Fsp3) is 0.455. The van der Waals surface area contributed by atoms with E-state index >= 15 is 0 Å². The standard InChI is InChI=1S/C11H14O3/c1-11(2)8-6-7(12)4-5-9(8)14-10(11)13-3/h4-6,10,12H,1-3H3. The van der Waals surface area contributed by atoms with Crippen molar-refractivity contribution < 1.29 is 14.6 Å². The SMILES string of the molecule is COC1Oc2ccc(O)cc2C1(C)C. The lowest BCUT2D eigenvalue weighted by molar-refractivity contribution is -0.0779. The van der Waals surface area contributed by atoms with E-state index in [0.29, 0.717) is 0 Å². The third kappa shape index (κ3) is 1.16. The minimum atomic E-state index is -0.278. The molecule has 76 valence electrons. The van der Waals surface area contributed by atoms with Crippen molar-refractivity contribution in [1.82, 2.24) is 0 Å². The monoisotopic (exact) mass is 194 g/mol. The van der Waals surface area contributed by atoms with E-state index in [9.17, 15) is 5.11 Å². The highest BCUT2D eigenvalue weighted by atomic mass is 16.7. The molecule has 2 rings (SSSR count). The van der Waals surface area contributed by atoms with Crippen LogP contribution in [0.15, 0.2) is 18.2 Å². The van der Waals surface area contributed by atoms with Gasteiger partial charge in [-0.1, -0.05) is 0 Å². The van der Waals surface area contributed by atoms with Gasteiger partial charge in [0.15, 0.2) is 0 Å². The highest BCUT2D eigenvalue weighted by Crippen LogP contribution is 2.44. The van der Waals surface area contributed by atoms with Gasteiger partial charge in [0.25, 0.3) is 0 Å². The summed E-state index contributed by atoms with van der Waals surface area (Å²) in [4.78, 5) is 0. The minimum Gasteiger partial charge on any atom is -0.508 e. The van der Waals surface area contributed by atoms with Gasteiger partial charge in [-0.3, -0.25) is 0 Å². The van der Waals surface area contributed by atoms with Crippen molar-refractivity contribution in [3.8, 4) is 11.5 Å². The molecule has 1 aliphatic rings. The summed E-state index contributed by atoms with van der Waals surface area (Å²) >= 11 is 0. The van der Waals surface area contributed by atoms with Gasteiger partial charge >= 0.3 is 0 Å². The Bertz CT molecular complexity index is 358. The molecule has 0 radical (unpaired) electrons. The van der Waals surface area contributed by atoms with E-state index in [-0.39, 0.29) is 17.5 Å². The first-order valence-corrected chi connectivity index (χ1v) is 4.58. The summed E-state index contributed by atoms with van der Waals surface area (Å²) in [6.45, 7) is 4.07. The number of ether oxygens (including phenoxy) is 2. The van der Waals surface area contributed by atoms with Crippen LogP contribution in [0.5, 0.6) is 11.5 Å². The zero-order chi connectivity index (χ0) is 10.3. The van der Waals surface area contributed by atoms with E-state index < -0.39 is 0 Å². The van der Waals surface area contributed by atoms with Crippen LogP contribution in [-0.4, -0.2) is 18.5 Å². The highest BCUT2D eigenvalue weighted by Gasteiger charge is 2.42. The highest BCUT2D eigenvalue weighted by molar-refractivity contribution is 5.47. The Morgan fingerprint density at radius 3 is 2.79 bits per heavy atom. The van der Waals surface area contributed by atoms with Gasteiger partial charge in [-0.25, -0.2) is 0 Å². The van der Waals surface area contributed by atoms with Gasteiger partial charge in [0, 0.05) is 12.7 Å². The number of phenols is 1. The summed E-state index contributed by atoms with van der Waals surface area (Å²) in [6.07, 6.45) is -0.278. The van der Waals surface area contributed by atoms with Crippen molar-refractivity contribution in [3.63, 3.8) is 0 Å². The van der Waals surface area contributed by atoms with Gasteiger partial charge in [0.1, 0.15) is 11.5 Å². The third-order valence-electron chi connectivity index (χ3n) is 2.69. The first-order chi connectivity index (χ1) is 6.55. The number of rotatable bonds is 1. The molecule has 1 N–H and O–H groups in total. The Morgan fingerprint density at radius 1 is 1.43 bits per heavy atom. The zero-order valence-corrected chi connectivity index (χ0v) is 8.57. The lowest BCUT2D eigenvalue weighted by Crippen LogP contribution is -2.33. The first-order valence-electron chi connectivity index (χ1n) is 4.58. The van der Waals surface area contributed by atoms with Gasteiger partial charge in [-0.05, 0) is 32.0 Å². The molecule has 3 nitrogen and oxygen atoms in total. The number of benzene rings is 1. The van der Waals surface area contributed by atoms with Crippen molar-refractivity contribution in [2.45, 2.75) is 25.6 Å². The molecule has 0 aliphatic carbocycles. The molecular weight excluding hydrogens is 180 g/mol. The molecule has 0 saturated heterocycles. The fourth-order valence-electron chi connectivity index (χ4n) is 1.86. The van der Waals surface area contributed by atoms with Gasteiger partial charge in [-0.15, -0.1) is 0 Å². The number of hydrogen-bond donors (Lipinski definition) is 1. The van der Waals surface area contributed by atoms with Crippen LogP contribution in [0, 0.1) is 0 Å². The van der Waals surface area contributed by atoms with Crippen molar-refractivity contribution in [3.05, 3.63) is 23.8 Å². The Labute approximate surface area is 83.3 Å². The van der Waals surface area contributed by atoms with E-state index in [4.69, 9.17) is 9.47 Å². The molecule has 0 aromatic heterocycles. The minimum absolute atomic E-state index is 0.219. The maximum atomic E-state index is 9.39. The van der Waals surface area contributed by atoms with E-state index in [0.717, 1.165) is 11.3 Å². The molecule has 1 aromatic rings. The smallest absolute Gasteiger partial charge is 0.208 e. The van der Waals surface area contributed by atoms with Crippen LogP contribution >= 0.6 is 0 Å². The Kier molecular flexibility index (Phi) is 1.93. The van der Waals surface area contributed by atoms with Crippen LogP contribution in [0.25, 0.3) is 0 Å². The predicted octanol–water partition coefficient (Wildman–Crippen LogP) is 2.03. The molecule has 1 aromatic carbocycles. The summed E-state index contributed by atoms with van der Waals surface area (Å²) in [5.74, 6) is 1.05. The first kappa shape index (κ1) is 9.34. The third-order valence-corrected chi connectivity index (χ3v) is 2.69. The second kappa shape index (κ2) is 2.89. The van der Waals surface area contributed by atoms with Crippen LogP contribution in [-0.2, 0) is 10.2 Å². The Balaban J connectivity index is 2.50. The van der Waals surface area contributed by atoms with E-state index in [1.54, 1.807) is 25.3 Å². The molecule has 14 heavy (non-hydrogen) atoms. The van der Waals surface area contributed by atoms with E-state index in [2.05, 4.69) is 0 Å². The van der Waals surface area contributed by atoms with Crippen molar-refractivity contribution in [2.24, 2.45) is 0 Å². The number of methoxy groups -OCH3 is 1. The molecule has 0 fully saturated rings. The molecule has 1 unspecified atom stereocenters. The molecular formula is C11H14O3. The largest absolute Gasteiger partial charge is 0.508 e. The average Bonchev–Trinajstić information content (AvgIpc) is 2.38. The Hall–Kier alpha value is -1.22. The summed E-state index contributed by atoms with van der Waals surface area (Å²) in [5, 5.41) is 9.39. The summed E-state index contributed by atoms with van der Waals surface area (Å²) in [6, 6.07) is 5.12. The summed E-state index contributed by atoms with van der Waals surface area (Å²) < 4.78 is 10.8. The van der Waals surface area contributed by atoms with Crippen LogP contribution < -0.4 is 4.74 Å². The van der Waals surface area contributed by atoms with Crippen LogP contribution in [0.4, 0.5) is 0 Å². The van der Waals surface area contributed by atoms with Gasteiger partial charge in [0.05, 0.1) is 5.41 Å². The van der Waals surface area contributed by atoms with Crippen LogP contribution in [0.2, 0.25) is 0 Å². The molecule has 3 heteroatoms. The van der Waals surface area contributed by atoms with Gasteiger partial charge < -0.3 is 14.6 Å². The Morgan fingerprint density at radius 2 is 2.14 bits per heavy atom. The topological polar surface area (TPSA) is 38.7 Å². The quantitative estimate of drug-likeness (QED) is 0.743. The number of phenolic OH excluding ortho intramolecular Hbond substituents is 1. The van der Waals surface area contributed by atoms with Crippen molar-refractivity contribution in [2.75, 3.05) is 7.11 Å². The molecule has 1 aliphatic heterocycles. The summed E-state index contributed by atoms with van der Waals surface area (Å²) in [5.41, 5.74) is 0.771. The van der Waals surface area contributed by atoms with Crippen LogP contribution in [0.1, 0.15) is 19.4 Å². The normalized spacial score (nSPS) is 22.9. The second-order valence-electron chi connectivity index (χ2n) is 4.09. The lowest BCUT2D eigenvalue weighted by Gasteiger charge is -2.23. The molecule has 0 bridgehead atoms. The number of fused-ring (bicyclic) bond motifs is 1. The lowest BCUT2D eigenvalue weighted by atomic mass is 9.85. The second-order valence-corrected chi connectivity index (χ2v) is 4.09. The average molecular weight is 194 g/mol. The maximum absolute atomic E-state index is 9.39. The fourth-order valence-corrected chi connectivity index (χ4v) is 1.86. The molecule has 0 saturated carbocycles. The zero-order valence-electron chi connectivity index (χ0n) is 8.57. The molecule has 1 atom stereocenters. The van der Waals surface area contributed by atoms with E-state index in [1.165, 1.54) is 0 Å². The van der Waals surface area contributed by atoms with Crippen molar-refractivity contribution in [1.29, 1.82) is 0 Å².